The SMILES string of the molecule is OCC1O[C@@H](OCCS)C(O)C(O)[C@@H]1O[C@@H]1OC(CS)[C@@H](O)[C@H](O)C1O. The molecule has 2 aliphatic rings. The number of hydrogen-bond donors (Lipinski definition) is 8. The third kappa shape index (κ3) is 4.82. The highest BCUT2D eigenvalue weighted by atomic mass is 32.1. The average Bonchev–Trinajstić information content (AvgIpc) is 2.64. The number of hydrogen-bond acceptors (Lipinski definition) is 12. The Balaban J connectivity index is 2.09. The first-order valence-electron chi connectivity index (χ1n) is 8.16. The third-order valence-electron chi connectivity index (χ3n) is 4.33. The smallest absolute Gasteiger partial charge is 0.187 e. The van der Waals surface area contributed by atoms with E-state index in [2.05, 4.69) is 25.3 Å². The highest BCUT2D eigenvalue weighted by Gasteiger charge is 2.50. The van der Waals surface area contributed by atoms with E-state index in [-0.39, 0.29) is 12.4 Å². The summed E-state index contributed by atoms with van der Waals surface area (Å²) in [6.45, 7) is -0.418. The molecule has 6 N–H and O–H groups in total. The van der Waals surface area contributed by atoms with Gasteiger partial charge >= 0.3 is 0 Å². The van der Waals surface area contributed by atoms with Crippen LogP contribution >= 0.6 is 25.3 Å². The van der Waals surface area contributed by atoms with Gasteiger partial charge in [0.2, 0.25) is 0 Å². The van der Waals surface area contributed by atoms with Crippen molar-refractivity contribution < 1.29 is 49.6 Å². The summed E-state index contributed by atoms with van der Waals surface area (Å²) < 4.78 is 21.5. The number of thiol groups is 2. The topological polar surface area (TPSA) is 158 Å². The van der Waals surface area contributed by atoms with Crippen molar-refractivity contribution in [2.75, 3.05) is 24.7 Å². The molecule has 2 heterocycles. The van der Waals surface area contributed by atoms with E-state index in [1.165, 1.54) is 0 Å². The molecule has 0 aliphatic carbocycles. The summed E-state index contributed by atoms with van der Waals surface area (Å²) >= 11 is 7.97. The van der Waals surface area contributed by atoms with Crippen molar-refractivity contribution in [2.45, 2.75) is 61.4 Å². The van der Waals surface area contributed by atoms with E-state index in [0.29, 0.717) is 5.75 Å². The molecule has 12 heteroatoms. The summed E-state index contributed by atoms with van der Waals surface area (Å²) in [6.07, 6.45) is -13.5. The molecule has 10 nitrogen and oxygen atoms in total. The first kappa shape index (κ1) is 22.6. The van der Waals surface area contributed by atoms with Crippen LogP contribution in [0.4, 0.5) is 0 Å². The van der Waals surface area contributed by atoms with Crippen LogP contribution in [0.3, 0.4) is 0 Å². The molecule has 2 saturated heterocycles. The Morgan fingerprint density at radius 2 is 1.38 bits per heavy atom. The Bertz CT molecular complexity index is 429. The number of aliphatic hydroxyl groups excluding tert-OH is 6. The summed E-state index contributed by atoms with van der Waals surface area (Å²) in [5.41, 5.74) is 0. The summed E-state index contributed by atoms with van der Waals surface area (Å²) in [5, 5.41) is 59.8. The molecular formula is C14H26O10S2. The van der Waals surface area contributed by atoms with Gasteiger partial charge in [0.1, 0.15) is 42.7 Å². The van der Waals surface area contributed by atoms with Crippen LogP contribution in [0.1, 0.15) is 0 Å². The lowest BCUT2D eigenvalue weighted by molar-refractivity contribution is -0.355. The van der Waals surface area contributed by atoms with Crippen LogP contribution in [0, 0.1) is 0 Å². The van der Waals surface area contributed by atoms with Gasteiger partial charge in [-0.05, 0) is 0 Å². The molecule has 26 heavy (non-hydrogen) atoms. The molecule has 5 unspecified atom stereocenters. The molecule has 0 spiro atoms. The highest BCUT2D eigenvalue weighted by Crippen LogP contribution is 2.29. The van der Waals surface area contributed by atoms with Crippen molar-refractivity contribution in [1.29, 1.82) is 0 Å². The van der Waals surface area contributed by atoms with Crippen molar-refractivity contribution in [3.63, 3.8) is 0 Å². The molecule has 2 fully saturated rings. The molecule has 2 aliphatic heterocycles. The minimum atomic E-state index is -1.62. The van der Waals surface area contributed by atoms with Crippen molar-refractivity contribution in [3.05, 3.63) is 0 Å². The molecule has 0 aromatic heterocycles. The predicted octanol–water partition coefficient (Wildman–Crippen LogP) is -3.51. The van der Waals surface area contributed by atoms with Crippen molar-refractivity contribution in [2.24, 2.45) is 0 Å². The maximum atomic E-state index is 10.3. The van der Waals surface area contributed by atoms with Gasteiger partial charge in [-0.2, -0.15) is 25.3 Å². The maximum Gasteiger partial charge on any atom is 0.187 e. The lowest BCUT2D eigenvalue weighted by atomic mass is 9.97. The second-order valence-corrected chi connectivity index (χ2v) is 6.91. The van der Waals surface area contributed by atoms with Crippen LogP contribution in [-0.4, -0.2) is 117 Å². The van der Waals surface area contributed by atoms with E-state index in [9.17, 15) is 30.6 Å². The Morgan fingerprint density at radius 1 is 0.769 bits per heavy atom. The lowest BCUT2D eigenvalue weighted by Crippen LogP contribution is -2.64. The van der Waals surface area contributed by atoms with E-state index in [1.807, 2.05) is 0 Å². The van der Waals surface area contributed by atoms with Crippen LogP contribution in [0.2, 0.25) is 0 Å². The third-order valence-corrected chi connectivity index (χ3v) is 4.88. The standard InChI is InChI=1S/C14H26O10S2/c15-3-5-12(9(18)11(20)13(22-5)21-1-2-25)24-14-10(19)8(17)7(16)6(4-26)23-14/h5-20,25-26H,1-4H2/t5?,6?,7-,8+,9?,10?,11?,12-,13-,14+/m1/s1. The Morgan fingerprint density at radius 3 is 1.96 bits per heavy atom. The zero-order chi connectivity index (χ0) is 19.4. The van der Waals surface area contributed by atoms with Gasteiger partial charge in [0.15, 0.2) is 12.6 Å². The van der Waals surface area contributed by atoms with Gasteiger partial charge in [-0.25, -0.2) is 0 Å². The van der Waals surface area contributed by atoms with E-state index >= 15 is 0 Å². The summed E-state index contributed by atoms with van der Waals surface area (Å²) in [4.78, 5) is 0. The highest BCUT2D eigenvalue weighted by molar-refractivity contribution is 7.80. The van der Waals surface area contributed by atoms with Crippen LogP contribution in [0.25, 0.3) is 0 Å². The fraction of sp³-hybridized carbons (Fsp3) is 1.00. The Labute approximate surface area is 161 Å². The summed E-state index contributed by atoms with van der Waals surface area (Å²) in [6, 6.07) is 0. The van der Waals surface area contributed by atoms with Gasteiger partial charge in [0.05, 0.1) is 19.3 Å². The second kappa shape index (κ2) is 10.2. The van der Waals surface area contributed by atoms with E-state index in [4.69, 9.17) is 18.9 Å². The average molecular weight is 418 g/mol. The molecule has 2 rings (SSSR count). The van der Waals surface area contributed by atoms with Crippen molar-refractivity contribution >= 4 is 25.3 Å². The summed E-state index contributed by atoms with van der Waals surface area (Å²) in [7, 11) is 0. The first-order chi connectivity index (χ1) is 12.3. The molecule has 10 atom stereocenters. The monoisotopic (exact) mass is 418 g/mol. The number of ether oxygens (including phenoxy) is 4. The van der Waals surface area contributed by atoms with E-state index in [1.54, 1.807) is 0 Å². The fourth-order valence-corrected chi connectivity index (χ4v) is 3.27. The van der Waals surface area contributed by atoms with Crippen LogP contribution in [0.15, 0.2) is 0 Å². The molecule has 0 aromatic rings. The molecular weight excluding hydrogens is 392 g/mol. The Kier molecular flexibility index (Phi) is 8.85. The molecule has 154 valence electrons. The molecule has 0 bridgehead atoms. The normalized spacial score (nSPS) is 47.1. The van der Waals surface area contributed by atoms with Crippen molar-refractivity contribution in [1.82, 2.24) is 0 Å². The van der Waals surface area contributed by atoms with Gasteiger partial charge in [0, 0.05) is 11.5 Å². The van der Waals surface area contributed by atoms with Gasteiger partial charge < -0.3 is 49.6 Å². The van der Waals surface area contributed by atoms with Crippen molar-refractivity contribution in [3.8, 4) is 0 Å². The minimum Gasteiger partial charge on any atom is -0.394 e. The minimum absolute atomic E-state index is 0.0419. The largest absolute Gasteiger partial charge is 0.394 e. The molecule has 0 amide bonds. The van der Waals surface area contributed by atoms with Crippen LogP contribution < -0.4 is 0 Å². The van der Waals surface area contributed by atoms with Crippen LogP contribution in [0.5, 0.6) is 0 Å². The van der Waals surface area contributed by atoms with E-state index < -0.39 is 68.0 Å². The predicted molar refractivity (Wildman–Crippen MR) is 93.0 cm³/mol. The van der Waals surface area contributed by atoms with E-state index in [0.717, 1.165) is 0 Å². The zero-order valence-corrected chi connectivity index (χ0v) is 15.6. The quantitative estimate of drug-likeness (QED) is 0.195. The van der Waals surface area contributed by atoms with Gasteiger partial charge in [-0.3, -0.25) is 0 Å². The van der Waals surface area contributed by atoms with Gasteiger partial charge in [-0.1, -0.05) is 0 Å². The number of rotatable bonds is 7. The summed E-state index contributed by atoms with van der Waals surface area (Å²) in [5.74, 6) is 0.403. The zero-order valence-electron chi connectivity index (χ0n) is 13.8. The van der Waals surface area contributed by atoms with Gasteiger partial charge in [0.25, 0.3) is 0 Å². The Hall–Kier alpha value is 0.300. The van der Waals surface area contributed by atoms with Crippen LogP contribution in [-0.2, 0) is 18.9 Å². The maximum absolute atomic E-state index is 10.3. The van der Waals surface area contributed by atoms with Gasteiger partial charge in [-0.15, -0.1) is 0 Å². The number of aliphatic hydroxyl groups is 6. The second-order valence-electron chi connectivity index (χ2n) is 6.10. The first-order valence-corrected chi connectivity index (χ1v) is 9.43. The molecule has 0 saturated carbocycles. The molecule has 0 radical (unpaired) electrons. The fourth-order valence-electron chi connectivity index (χ4n) is 2.86. The molecule has 0 aromatic carbocycles. The lowest BCUT2D eigenvalue weighted by Gasteiger charge is -2.46.